The predicted molar refractivity (Wildman–Crippen MR) is 116 cm³/mol. The van der Waals surface area contributed by atoms with Crippen LogP contribution in [-0.2, 0) is 15.2 Å². The monoisotopic (exact) mass is 439 g/mol. The van der Waals surface area contributed by atoms with Crippen LogP contribution in [0.5, 0.6) is 0 Å². The van der Waals surface area contributed by atoms with Crippen LogP contribution in [0.1, 0.15) is 41.7 Å². The first-order valence-corrected chi connectivity index (χ1v) is 10.7. The highest BCUT2D eigenvalue weighted by Crippen LogP contribution is 2.45. The maximum absolute atomic E-state index is 13.4. The number of nitrogens with one attached hydrogen (secondary N) is 3. The summed E-state index contributed by atoms with van der Waals surface area (Å²) in [6, 6.07) is 3.20. The largest absolute Gasteiger partial charge is 0.381 e. The van der Waals surface area contributed by atoms with Gasteiger partial charge in [-0.2, -0.15) is 0 Å². The summed E-state index contributed by atoms with van der Waals surface area (Å²) in [6.45, 7) is 3.01. The van der Waals surface area contributed by atoms with Gasteiger partial charge < -0.3 is 26.4 Å². The van der Waals surface area contributed by atoms with Crippen LogP contribution >= 0.6 is 0 Å². The maximum atomic E-state index is 13.4. The molecule has 0 bridgehead atoms. The zero-order valence-corrected chi connectivity index (χ0v) is 17.7. The summed E-state index contributed by atoms with van der Waals surface area (Å²) in [7, 11) is 0. The number of aryl methyl sites for hydroxylation is 1. The number of nitrogens with two attached hydrogens (primary N) is 1. The third-order valence-corrected chi connectivity index (χ3v) is 6.60. The Morgan fingerprint density at radius 2 is 1.91 bits per heavy atom. The highest BCUT2D eigenvalue weighted by atomic mass is 16.5. The van der Waals surface area contributed by atoms with Crippen molar-refractivity contribution in [1.29, 1.82) is 0 Å². The van der Waals surface area contributed by atoms with Gasteiger partial charge in [-0.05, 0) is 31.4 Å². The Hall–Kier alpha value is -3.31. The van der Waals surface area contributed by atoms with Crippen molar-refractivity contribution < 1.29 is 14.3 Å². The number of anilines is 3. The second-order valence-electron chi connectivity index (χ2n) is 8.68. The normalized spacial score (nSPS) is 19.9. The molecule has 3 aliphatic rings. The topological polar surface area (TPSA) is 153 Å². The van der Waals surface area contributed by atoms with Crippen molar-refractivity contribution >= 4 is 29.1 Å². The Morgan fingerprint density at radius 1 is 1.19 bits per heavy atom. The van der Waals surface area contributed by atoms with Gasteiger partial charge in [0.15, 0.2) is 0 Å². The molecule has 4 heterocycles. The van der Waals surface area contributed by atoms with Gasteiger partial charge in [0.1, 0.15) is 35.0 Å². The van der Waals surface area contributed by atoms with Crippen molar-refractivity contribution in [2.75, 3.05) is 30.4 Å². The van der Waals surface area contributed by atoms with Crippen LogP contribution in [0, 0.1) is 12.3 Å². The first-order valence-electron chi connectivity index (χ1n) is 10.7. The SMILES string of the molecule is Cc1cc(Nc2cc(NC(=O)C3(CN)CC3)ncn2)c(=O)n2c1C(=O)NC21CCOCC1. The van der Waals surface area contributed by atoms with Gasteiger partial charge in [-0.1, -0.05) is 0 Å². The van der Waals surface area contributed by atoms with Crippen molar-refractivity contribution in [1.82, 2.24) is 19.9 Å². The summed E-state index contributed by atoms with van der Waals surface area (Å²) in [4.78, 5) is 46.8. The number of ether oxygens (including phenoxy) is 1. The van der Waals surface area contributed by atoms with E-state index in [0.29, 0.717) is 55.5 Å². The summed E-state index contributed by atoms with van der Waals surface area (Å²) >= 11 is 0. The van der Waals surface area contributed by atoms with E-state index < -0.39 is 11.1 Å². The smallest absolute Gasteiger partial charge is 0.276 e. The van der Waals surface area contributed by atoms with E-state index in [1.54, 1.807) is 23.6 Å². The number of amides is 2. The lowest BCUT2D eigenvalue weighted by Gasteiger charge is -2.35. The van der Waals surface area contributed by atoms with Crippen molar-refractivity contribution in [2.24, 2.45) is 11.1 Å². The van der Waals surface area contributed by atoms with Crippen LogP contribution < -0.4 is 27.2 Å². The van der Waals surface area contributed by atoms with Crippen molar-refractivity contribution in [3.05, 3.63) is 40.1 Å². The van der Waals surface area contributed by atoms with E-state index >= 15 is 0 Å². The van der Waals surface area contributed by atoms with Gasteiger partial charge in [0.05, 0.1) is 18.6 Å². The predicted octanol–water partition coefficient (Wildman–Crippen LogP) is 0.574. The molecule has 11 heteroatoms. The number of fused-ring (bicyclic) bond motifs is 2. The zero-order chi connectivity index (χ0) is 22.5. The molecule has 11 nitrogen and oxygen atoms in total. The fourth-order valence-electron chi connectivity index (χ4n) is 4.46. The second-order valence-corrected chi connectivity index (χ2v) is 8.68. The van der Waals surface area contributed by atoms with Gasteiger partial charge in [0.25, 0.3) is 11.5 Å². The third kappa shape index (κ3) is 3.24. The third-order valence-electron chi connectivity index (χ3n) is 6.60. The van der Waals surface area contributed by atoms with E-state index in [-0.39, 0.29) is 23.1 Å². The minimum absolute atomic E-state index is 0.163. The lowest BCUT2D eigenvalue weighted by atomic mass is 10.0. The molecule has 2 aliphatic heterocycles. The molecule has 1 aliphatic carbocycles. The molecule has 1 saturated carbocycles. The van der Waals surface area contributed by atoms with Crippen molar-refractivity contribution in [3.8, 4) is 0 Å². The van der Waals surface area contributed by atoms with E-state index in [4.69, 9.17) is 10.5 Å². The number of rotatable bonds is 5. The molecule has 2 aromatic heterocycles. The average molecular weight is 439 g/mol. The summed E-state index contributed by atoms with van der Waals surface area (Å²) in [5.74, 6) is 0.254. The number of hydrogen-bond donors (Lipinski definition) is 4. The molecule has 1 saturated heterocycles. The molecule has 168 valence electrons. The molecular formula is C21H25N7O4. The molecular weight excluding hydrogens is 414 g/mol. The van der Waals surface area contributed by atoms with E-state index in [2.05, 4.69) is 25.9 Å². The van der Waals surface area contributed by atoms with Crippen LogP contribution in [0.2, 0.25) is 0 Å². The summed E-state index contributed by atoms with van der Waals surface area (Å²) in [5.41, 5.74) is 5.43. The van der Waals surface area contributed by atoms with E-state index in [1.165, 1.54) is 6.33 Å². The molecule has 2 amide bonds. The highest BCUT2D eigenvalue weighted by molar-refractivity contribution is 5.97. The fraction of sp³-hybridized carbons (Fsp3) is 0.476. The van der Waals surface area contributed by atoms with Gasteiger partial charge >= 0.3 is 0 Å². The first kappa shape index (κ1) is 20.6. The second kappa shape index (κ2) is 7.38. The molecule has 1 spiro atoms. The fourth-order valence-corrected chi connectivity index (χ4v) is 4.46. The number of carbonyl (C=O) groups is 2. The Morgan fingerprint density at radius 3 is 2.59 bits per heavy atom. The number of nitrogens with zero attached hydrogens (tertiary/aromatic N) is 3. The van der Waals surface area contributed by atoms with E-state index in [9.17, 15) is 14.4 Å². The Bertz CT molecular complexity index is 1170. The number of carbonyl (C=O) groups excluding carboxylic acids is 2. The molecule has 0 aromatic carbocycles. The van der Waals surface area contributed by atoms with Crippen LogP contribution in [0.3, 0.4) is 0 Å². The van der Waals surface area contributed by atoms with Crippen LogP contribution in [0.25, 0.3) is 0 Å². The highest BCUT2D eigenvalue weighted by Gasteiger charge is 2.49. The quantitative estimate of drug-likeness (QED) is 0.527. The molecule has 0 atom stereocenters. The zero-order valence-electron chi connectivity index (χ0n) is 17.7. The number of aromatic nitrogens is 3. The number of hydrogen-bond acceptors (Lipinski definition) is 8. The van der Waals surface area contributed by atoms with Gasteiger partial charge in [-0.25, -0.2) is 9.97 Å². The Kier molecular flexibility index (Phi) is 4.75. The first-order chi connectivity index (χ1) is 15.4. The minimum Gasteiger partial charge on any atom is -0.381 e. The van der Waals surface area contributed by atoms with Gasteiger partial charge in [0, 0.05) is 25.5 Å². The number of pyridine rings is 1. The molecule has 5 rings (SSSR count). The molecule has 32 heavy (non-hydrogen) atoms. The summed E-state index contributed by atoms with van der Waals surface area (Å²) < 4.78 is 7.00. The standard InChI is InChI=1S/C21H25N7O4/c1-12-8-13(18(30)28-16(12)17(29)27-21(28)4-6-32-7-5-21)25-14-9-15(24-11-23-14)26-19(31)20(10-22)2-3-20/h8-9,11H,2-7,10,22H2,1H3,(H,27,29)(H2,23,24,25,26,31). The molecule has 0 radical (unpaired) electrons. The van der Waals surface area contributed by atoms with Gasteiger partial charge in [0.2, 0.25) is 5.91 Å². The van der Waals surface area contributed by atoms with E-state index in [0.717, 1.165) is 12.8 Å². The van der Waals surface area contributed by atoms with Gasteiger partial charge in [-0.15, -0.1) is 0 Å². The average Bonchev–Trinajstić information content (AvgIpc) is 3.53. The summed E-state index contributed by atoms with van der Waals surface area (Å²) in [5, 5.41) is 8.81. The Labute approximate surface area is 183 Å². The lowest BCUT2D eigenvalue weighted by molar-refractivity contribution is -0.120. The lowest BCUT2D eigenvalue weighted by Crippen LogP contribution is -2.51. The molecule has 2 fully saturated rings. The Balaban J connectivity index is 1.45. The molecule has 5 N–H and O–H groups in total. The molecule has 2 aromatic rings. The minimum atomic E-state index is -0.782. The maximum Gasteiger partial charge on any atom is 0.276 e. The summed E-state index contributed by atoms with van der Waals surface area (Å²) in [6.07, 6.45) is 3.86. The van der Waals surface area contributed by atoms with Crippen molar-refractivity contribution in [3.63, 3.8) is 0 Å². The van der Waals surface area contributed by atoms with E-state index in [1.807, 2.05) is 0 Å². The van der Waals surface area contributed by atoms with Crippen LogP contribution in [0.4, 0.5) is 17.3 Å². The van der Waals surface area contributed by atoms with Crippen LogP contribution in [-0.4, -0.2) is 46.1 Å². The van der Waals surface area contributed by atoms with Crippen LogP contribution in [0.15, 0.2) is 23.3 Å². The molecule has 0 unspecified atom stereocenters. The van der Waals surface area contributed by atoms with Gasteiger partial charge in [-0.3, -0.25) is 19.0 Å². The van der Waals surface area contributed by atoms with Crippen molar-refractivity contribution in [2.45, 2.75) is 38.3 Å².